The van der Waals surface area contributed by atoms with E-state index in [-0.39, 0.29) is 22.7 Å². The monoisotopic (exact) mass is 267 g/mol. The number of nitrogens with zero attached hydrogens (tertiary/aromatic N) is 3. The van der Waals surface area contributed by atoms with Crippen LogP contribution < -0.4 is 0 Å². The number of halogens is 1. The van der Waals surface area contributed by atoms with Crippen LogP contribution in [0.15, 0.2) is 12.4 Å². The van der Waals surface area contributed by atoms with E-state index < -0.39 is 5.91 Å². The van der Waals surface area contributed by atoms with Gasteiger partial charge >= 0.3 is 0 Å². The first-order valence-electron chi connectivity index (χ1n) is 5.94. The summed E-state index contributed by atoms with van der Waals surface area (Å²) in [5.41, 5.74) is 0.119. The maximum absolute atomic E-state index is 12.1. The van der Waals surface area contributed by atoms with Gasteiger partial charge in [-0.3, -0.25) is 19.5 Å². The molecule has 0 aliphatic carbocycles. The predicted molar refractivity (Wildman–Crippen MR) is 66.1 cm³/mol. The Morgan fingerprint density at radius 2 is 2.33 bits per heavy atom. The summed E-state index contributed by atoms with van der Waals surface area (Å²) in [6.45, 7) is 2.54. The van der Waals surface area contributed by atoms with Gasteiger partial charge in [0.25, 0.3) is 5.91 Å². The quantitative estimate of drug-likeness (QED) is 0.785. The third-order valence-corrected chi connectivity index (χ3v) is 3.15. The summed E-state index contributed by atoms with van der Waals surface area (Å²) in [5.74, 6) is -0.285. The van der Waals surface area contributed by atoms with Crippen LogP contribution in [0.5, 0.6) is 0 Å². The molecule has 0 N–H and O–H groups in total. The molecule has 0 radical (unpaired) electrons. The van der Waals surface area contributed by atoms with E-state index in [9.17, 15) is 9.59 Å². The topological polar surface area (TPSA) is 63.2 Å². The molecule has 2 amide bonds. The second-order valence-corrected chi connectivity index (χ2v) is 4.78. The minimum Gasteiger partial charge on any atom is -0.277 e. The van der Waals surface area contributed by atoms with E-state index >= 15 is 0 Å². The van der Waals surface area contributed by atoms with Gasteiger partial charge in [-0.05, 0) is 12.3 Å². The summed E-state index contributed by atoms with van der Waals surface area (Å²) in [6.07, 6.45) is 5.08. The molecule has 2 rings (SSSR count). The summed E-state index contributed by atoms with van der Waals surface area (Å²) < 4.78 is 0. The number of aromatic nitrogens is 2. The van der Waals surface area contributed by atoms with E-state index in [2.05, 4.69) is 16.9 Å². The molecule has 96 valence electrons. The van der Waals surface area contributed by atoms with Crippen LogP contribution in [0, 0.1) is 5.92 Å². The minimum atomic E-state index is -0.409. The van der Waals surface area contributed by atoms with E-state index in [1.54, 1.807) is 0 Å². The summed E-state index contributed by atoms with van der Waals surface area (Å²) >= 11 is 5.68. The van der Waals surface area contributed by atoms with Gasteiger partial charge in [0.2, 0.25) is 5.91 Å². The van der Waals surface area contributed by atoms with Gasteiger partial charge in [-0.25, -0.2) is 4.98 Å². The molecule has 1 aromatic rings. The third kappa shape index (κ3) is 2.67. The molecule has 0 aromatic carbocycles. The number of hydrogen-bond acceptors (Lipinski definition) is 4. The van der Waals surface area contributed by atoms with Gasteiger partial charge in [0, 0.05) is 13.0 Å². The van der Waals surface area contributed by atoms with Gasteiger partial charge < -0.3 is 0 Å². The van der Waals surface area contributed by atoms with Crippen molar-refractivity contribution < 1.29 is 9.59 Å². The SMILES string of the molecule is CCCC1CC(=O)N(C(=O)c2cncc(Cl)n2)C1. The fourth-order valence-corrected chi connectivity index (χ4v) is 2.31. The van der Waals surface area contributed by atoms with Crippen LogP contribution >= 0.6 is 11.6 Å². The van der Waals surface area contributed by atoms with Gasteiger partial charge in [-0.1, -0.05) is 24.9 Å². The van der Waals surface area contributed by atoms with E-state index in [1.807, 2.05) is 0 Å². The maximum Gasteiger partial charge on any atom is 0.280 e. The number of likely N-dealkylation sites (tertiary alicyclic amines) is 1. The zero-order valence-electron chi connectivity index (χ0n) is 10.1. The minimum absolute atomic E-state index is 0.119. The Labute approximate surface area is 110 Å². The van der Waals surface area contributed by atoms with Crippen molar-refractivity contribution in [3.8, 4) is 0 Å². The first kappa shape index (κ1) is 13.0. The molecule has 0 bridgehead atoms. The van der Waals surface area contributed by atoms with Crippen molar-refractivity contribution in [2.24, 2.45) is 5.92 Å². The zero-order chi connectivity index (χ0) is 13.1. The Hall–Kier alpha value is -1.49. The smallest absolute Gasteiger partial charge is 0.277 e. The van der Waals surface area contributed by atoms with Crippen molar-refractivity contribution in [3.63, 3.8) is 0 Å². The van der Waals surface area contributed by atoms with Crippen molar-refractivity contribution >= 4 is 23.4 Å². The molecular weight excluding hydrogens is 254 g/mol. The van der Waals surface area contributed by atoms with Gasteiger partial charge in [0.1, 0.15) is 10.8 Å². The van der Waals surface area contributed by atoms with Crippen molar-refractivity contribution in [3.05, 3.63) is 23.2 Å². The van der Waals surface area contributed by atoms with Crippen molar-refractivity contribution in [1.29, 1.82) is 0 Å². The predicted octanol–water partition coefficient (Wildman–Crippen LogP) is 1.92. The van der Waals surface area contributed by atoms with E-state index in [4.69, 9.17) is 11.6 Å². The average molecular weight is 268 g/mol. The lowest BCUT2D eigenvalue weighted by atomic mass is 10.0. The molecular formula is C12H14ClN3O2. The van der Waals surface area contributed by atoms with Gasteiger partial charge in [-0.2, -0.15) is 0 Å². The van der Waals surface area contributed by atoms with Crippen LogP contribution in [0.25, 0.3) is 0 Å². The van der Waals surface area contributed by atoms with Crippen LogP contribution in [0.2, 0.25) is 5.15 Å². The van der Waals surface area contributed by atoms with Crippen LogP contribution in [0.4, 0.5) is 0 Å². The summed E-state index contributed by atoms with van der Waals surface area (Å²) in [5, 5.41) is 0.151. The highest BCUT2D eigenvalue weighted by Crippen LogP contribution is 2.23. The average Bonchev–Trinajstić information content (AvgIpc) is 2.70. The lowest BCUT2D eigenvalue weighted by molar-refractivity contribution is -0.125. The third-order valence-electron chi connectivity index (χ3n) is 2.97. The van der Waals surface area contributed by atoms with Crippen LogP contribution in [0.3, 0.4) is 0 Å². The summed E-state index contributed by atoms with van der Waals surface area (Å²) in [7, 11) is 0. The summed E-state index contributed by atoms with van der Waals surface area (Å²) in [6, 6.07) is 0. The molecule has 1 unspecified atom stereocenters. The van der Waals surface area contributed by atoms with E-state index in [0.717, 1.165) is 12.8 Å². The number of carbonyl (C=O) groups is 2. The van der Waals surface area contributed by atoms with E-state index in [0.29, 0.717) is 13.0 Å². The molecule has 0 spiro atoms. The molecule has 1 saturated heterocycles. The van der Waals surface area contributed by atoms with Gasteiger partial charge in [-0.15, -0.1) is 0 Å². The van der Waals surface area contributed by atoms with Crippen molar-refractivity contribution in [1.82, 2.24) is 14.9 Å². The number of hydrogen-bond donors (Lipinski definition) is 0. The number of carbonyl (C=O) groups excluding carboxylic acids is 2. The number of rotatable bonds is 3. The number of imide groups is 1. The second kappa shape index (κ2) is 5.44. The Bertz CT molecular complexity index is 478. The van der Waals surface area contributed by atoms with Gasteiger partial charge in [0.05, 0.1) is 12.4 Å². The maximum atomic E-state index is 12.1. The second-order valence-electron chi connectivity index (χ2n) is 4.40. The number of amides is 2. The van der Waals surface area contributed by atoms with Crippen LogP contribution in [-0.2, 0) is 4.79 Å². The fraction of sp³-hybridized carbons (Fsp3) is 0.500. The molecule has 1 atom stereocenters. The van der Waals surface area contributed by atoms with Gasteiger partial charge in [0.15, 0.2) is 0 Å². The molecule has 2 heterocycles. The molecule has 1 aliphatic heterocycles. The summed E-state index contributed by atoms with van der Waals surface area (Å²) in [4.78, 5) is 32.8. The molecule has 18 heavy (non-hydrogen) atoms. The largest absolute Gasteiger partial charge is 0.280 e. The van der Waals surface area contributed by atoms with Crippen molar-refractivity contribution in [2.75, 3.05) is 6.54 Å². The highest BCUT2D eigenvalue weighted by Gasteiger charge is 2.34. The Kier molecular flexibility index (Phi) is 3.91. The molecule has 6 heteroatoms. The first-order chi connectivity index (χ1) is 8.61. The molecule has 0 saturated carbocycles. The molecule has 1 fully saturated rings. The molecule has 1 aliphatic rings. The lowest BCUT2D eigenvalue weighted by Gasteiger charge is -2.13. The first-order valence-corrected chi connectivity index (χ1v) is 6.32. The Balaban J connectivity index is 2.12. The normalized spacial score (nSPS) is 19.3. The van der Waals surface area contributed by atoms with E-state index in [1.165, 1.54) is 17.3 Å². The van der Waals surface area contributed by atoms with Crippen LogP contribution in [0.1, 0.15) is 36.7 Å². The standard InChI is InChI=1S/C12H14ClN3O2/c1-2-3-8-4-11(17)16(7-8)12(18)9-5-14-6-10(13)15-9/h5-6,8H,2-4,7H2,1H3. The fourth-order valence-electron chi connectivity index (χ4n) is 2.16. The highest BCUT2D eigenvalue weighted by molar-refractivity contribution is 6.29. The van der Waals surface area contributed by atoms with Crippen molar-refractivity contribution in [2.45, 2.75) is 26.2 Å². The lowest BCUT2D eigenvalue weighted by Crippen LogP contribution is -2.33. The van der Waals surface area contributed by atoms with Crippen LogP contribution in [-0.4, -0.2) is 33.2 Å². The zero-order valence-corrected chi connectivity index (χ0v) is 10.9. The highest BCUT2D eigenvalue weighted by atomic mass is 35.5. The molecule has 5 nitrogen and oxygen atoms in total. The Morgan fingerprint density at radius 1 is 1.56 bits per heavy atom. The Morgan fingerprint density at radius 3 is 3.00 bits per heavy atom. The molecule has 1 aromatic heterocycles.